The van der Waals surface area contributed by atoms with Gasteiger partial charge in [-0.05, 0) is 43.7 Å². The second-order valence-electron chi connectivity index (χ2n) is 4.95. The van der Waals surface area contributed by atoms with Crippen LogP contribution in [0.25, 0.3) is 0 Å². The molecule has 0 saturated heterocycles. The van der Waals surface area contributed by atoms with Gasteiger partial charge in [0.1, 0.15) is 6.04 Å². The van der Waals surface area contributed by atoms with Crippen LogP contribution in [0.1, 0.15) is 36.0 Å². The first-order valence-electron chi connectivity index (χ1n) is 6.87. The van der Waals surface area contributed by atoms with Gasteiger partial charge in [0.15, 0.2) is 5.76 Å². The van der Waals surface area contributed by atoms with Gasteiger partial charge in [0, 0.05) is 5.02 Å². The van der Waals surface area contributed by atoms with E-state index in [4.69, 9.17) is 16.0 Å². The molecule has 2 unspecified atom stereocenters. The van der Waals surface area contributed by atoms with Gasteiger partial charge < -0.3 is 15.1 Å². The van der Waals surface area contributed by atoms with Crippen LogP contribution in [0.4, 0.5) is 0 Å². The molecule has 2 N–H and O–H groups in total. The van der Waals surface area contributed by atoms with Gasteiger partial charge in [-0.2, -0.15) is 0 Å². The molecule has 0 aliphatic heterocycles. The number of benzene rings is 1. The van der Waals surface area contributed by atoms with E-state index < -0.39 is 11.9 Å². The third-order valence-electron chi connectivity index (χ3n) is 3.21. The first-order valence-corrected chi connectivity index (χ1v) is 7.25. The lowest BCUT2D eigenvalue weighted by molar-refractivity contribution is -0.123. The molecule has 116 valence electrons. The molecule has 22 heavy (non-hydrogen) atoms. The zero-order chi connectivity index (χ0) is 16.1. The number of furan rings is 1. The lowest BCUT2D eigenvalue weighted by Crippen LogP contribution is -2.45. The standard InChI is InChI=1S/C16H17ClN2O3/c1-10(12-5-7-13(17)8-6-12)18-15(20)11(2)19-16(21)14-4-3-9-22-14/h3-11H,1-2H3,(H,18,20)(H,19,21). The average molecular weight is 321 g/mol. The minimum atomic E-state index is -0.674. The summed E-state index contributed by atoms with van der Waals surface area (Å²) < 4.78 is 4.98. The maximum Gasteiger partial charge on any atom is 0.287 e. The highest BCUT2D eigenvalue weighted by molar-refractivity contribution is 6.30. The zero-order valence-corrected chi connectivity index (χ0v) is 13.1. The lowest BCUT2D eigenvalue weighted by Gasteiger charge is -2.18. The molecule has 2 atom stereocenters. The van der Waals surface area contributed by atoms with Crippen LogP contribution in [0, 0.1) is 0 Å². The van der Waals surface area contributed by atoms with Gasteiger partial charge >= 0.3 is 0 Å². The fourth-order valence-electron chi connectivity index (χ4n) is 1.91. The summed E-state index contributed by atoms with van der Waals surface area (Å²) in [6.07, 6.45) is 1.41. The highest BCUT2D eigenvalue weighted by Crippen LogP contribution is 2.16. The first-order chi connectivity index (χ1) is 10.5. The van der Waals surface area contributed by atoms with Gasteiger partial charge in [0.05, 0.1) is 12.3 Å². The van der Waals surface area contributed by atoms with E-state index in [0.717, 1.165) is 5.56 Å². The quantitative estimate of drug-likeness (QED) is 0.889. The van der Waals surface area contributed by atoms with Gasteiger partial charge in [-0.25, -0.2) is 0 Å². The van der Waals surface area contributed by atoms with Crippen LogP contribution in [0.15, 0.2) is 47.1 Å². The average Bonchev–Trinajstić information content (AvgIpc) is 3.02. The van der Waals surface area contributed by atoms with Crippen molar-refractivity contribution in [1.82, 2.24) is 10.6 Å². The van der Waals surface area contributed by atoms with Gasteiger partial charge in [-0.3, -0.25) is 9.59 Å². The third-order valence-corrected chi connectivity index (χ3v) is 3.47. The predicted molar refractivity (Wildman–Crippen MR) is 83.6 cm³/mol. The van der Waals surface area contributed by atoms with E-state index in [-0.39, 0.29) is 17.7 Å². The van der Waals surface area contributed by atoms with E-state index in [2.05, 4.69) is 10.6 Å². The molecule has 2 aromatic rings. The highest BCUT2D eigenvalue weighted by Gasteiger charge is 2.19. The van der Waals surface area contributed by atoms with E-state index in [1.165, 1.54) is 12.3 Å². The normalized spacial score (nSPS) is 13.2. The molecule has 6 heteroatoms. The van der Waals surface area contributed by atoms with Crippen LogP contribution in [0.5, 0.6) is 0 Å². The van der Waals surface area contributed by atoms with Crippen molar-refractivity contribution in [2.24, 2.45) is 0 Å². The largest absolute Gasteiger partial charge is 0.459 e. The molecular formula is C16H17ClN2O3. The molecule has 0 aliphatic carbocycles. The van der Waals surface area contributed by atoms with Crippen molar-refractivity contribution < 1.29 is 14.0 Å². The molecule has 1 aromatic heterocycles. The Bertz CT molecular complexity index is 638. The smallest absolute Gasteiger partial charge is 0.287 e. The first kappa shape index (κ1) is 16.1. The molecule has 0 radical (unpaired) electrons. The summed E-state index contributed by atoms with van der Waals surface area (Å²) >= 11 is 5.83. The molecule has 2 rings (SSSR count). The van der Waals surface area contributed by atoms with Crippen LogP contribution in [-0.2, 0) is 4.79 Å². The topological polar surface area (TPSA) is 71.3 Å². The Morgan fingerprint density at radius 3 is 2.36 bits per heavy atom. The minimum Gasteiger partial charge on any atom is -0.459 e. The van der Waals surface area contributed by atoms with E-state index >= 15 is 0 Å². The van der Waals surface area contributed by atoms with Gasteiger partial charge in [-0.15, -0.1) is 0 Å². The van der Waals surface area contributed by atoms with Gasteiger partial charge in [0.25, 0.3) is 5.91 Å². The Morgan fingerprint density at radius 2 is 1.77 bits per heavy atom. The van der Waals surface area contributed by atoms with Crippen molar-refractivity contribution in [2.45, 2.75) is 25.9 Å². The number of hydrogen-bond donors (Lipinski definition) is 2. The number of rotatable bonds is 5. The Hall–Kier alpha value is -2.27. The maximum atomic E-state index is 12.1. The lowest BCUT2D eigenvalue weighted by atomic mass is 10.1. The van der Waals surface area contributed by atoms with Crippen molar-refractivity contribution >= 4 is 23.4 Å². The number of hydrogen-bond acceptors (Lipinski definition) is 3. The fraction of sp³-hybridized carbons (Fsp3) is 0.250. The zero-order valence-electron chi connectivity index (χ0n) is 12.3. The Labute approximate surface area is 133 Å². The minimum absolute atomic E-state index is 0.172. The monoisotopic (exact) mass is 320 g/mol. The van der Waals surface area contributed by atoms with Crippen LogP contribution >= 0.6 is 11.6 Å². The number of amides is 2. The number of halogens is 1. The Balaban J connectivity index is 1.90. The van der Waals surface area contributed by atoms with Crippen LogP contribution < -0.4 is 10.6 Å². The number of carbonyl (C=O) groups is 2. The Morgan fingerprint density at radius 1 is 1.09 bits per heavy atom. The van der Waals surface area contributed by atoms with Crippen LogP contribution in [0.3, 0.4) is 0 Å². The molecule has 0 saturated carbocycles. The molecule has 5 nitrogen and oxygen atoms in total. The van der Waals surface area contributed by atoms with E-state index in [1.54, 1.807) is 25.1 Å². The molecule has 1 heterocycles. The number of nitrogens with one attached hydrogen (secondary N) is 2. The fourth-order valence-corrected chi connectivity index (χ4v) is 2.04. The van der Waals surface area contributed by atoms with Crippen molar-refractivity contribution in [1.29, 1.82) is 0 Å². The predicted octanol–water partition coefficient (Wildman–Crippen LogP) is 2.93. The van der Waals surface area contributed by atoms with Crippen molar-refractivity contribution in [2.75, 3.05) is 0 Å². The molecule has 2 amide bonds. The van der Waals surface area contributed by atoms with E-state index in [9.17, 15) is 9.59 Å². The Kier molecular flexibility index (Phi) is 5.22. The van der Waals surface area contributed by atoms with Crippen molar-refractivity contribution in [3.8, 4) is 0 Å². The van der Waals surface area contributed by atoms with Crippen LogP contribution in [-0.4, -0.2) is 17.9 Å². The molecule has 0 spiro atoms. The SMILES string of the molecule is CC(NC(=O)c1ccco1)C(=O)NC(C)c1ccc(Cl)cc1. The van der Waals surface area contributed by atoms with Crippen molar-refractivity contribution in [3.63, 3.8) is 0 Å². The second kappa shape index (κ2) is 7.13. The summed E-state index contributed by atoms with van der Waals surface area (Å²) in [7, 11) is 0. The summed E-state index contributed by atoms with van der Waals surface area (Å²) in [5.41, 5.74) is 0.933. The van der Waals surface area contributed by atoms with E-state index in [1.807, 2.05) is 19.1 Å². The molecular weight excluding hydrogens is 304 g/mol. The van der Waals surface area contributed by atoms with Gasteiger partial charge in [-0.1, -0.05) is 23.7 Å². The third kappa shape index (κ3) is 4.11. The molecule has 0 bridgehead atoms. The molecule has 1 aromatic carbocycles. The number of carbonyl (C=O) groups excluding carboxylic acids is 2. The van der Waals surface area contributed by atoms with Gasteiger partial charge in [0.2, 0.25) is 5.91 Å². The highest BCUT2D eigenvalue weighted by atomic mass is 35.5. The summed E-state index contributed by atoms with van der Waals surface area (Å²) in [6.45, 7) is 3.48. The molecule has 0 fully saturated rings. The van der Waals surface area contributed by atoms with Crippen LogP contribution in [0.2, 0.25) is 5.02 Å². The summed E-state index contributed by atoms with van der Waals surface area (Å²) in [5.74, 6) is -0.528. The summed E-state index contributed by atoms with van der Waals surface area (Å²) in [6, 6.07) is 9.51. The second-order valence-corrected chi connectivity index (χ2v) is 5.39. The summed E-state index contributed by atoms with van der Waals surface area (Å²) in [5, 5.41) is 6.06. The van der Waals surface area contributed by atoms with E-state index in [0.29, 0.717) is 5.02 Å². The summed E-state index contributed by atoms with van der Waals surface area (Å²) in [4.78, 5) is 23.9. The maximum absolute atomic E-state index is 12.1. The van der Waals surface area contributed by atoms with Crippen molar-refractivity contribution in [3.05, 3.63) is 59.0 Å². The molecule has 0 aliphatic rings.